The van der Waals surface area contributed by atoms with Gasteiger partial charge in [0.25, 0.3) is 5.56 Å². The number of anilines is 1. The van der Waals surface area contributed by atoms with Gasteiger partial charge in [-0.1, -0.05) is 6.07 Å². The standard InChI is InChI=1S/C21H20N4O3/c1-10-13(12-4-5-17(22)15(8-12)19(23)24)6-7-25-18(10)14(11-2-3-11)9-16(20(25)26)21(27)28/h4-9,11H,2-3,22H2,1H3,(H3,23,24)(H,27,28). The van der Waals surface area contributed by atoms with Crippen molar-refractivity contribution in [2.24, 2.45) is 5.73 Å². The number of nitrogen functional groups attached to an aromatic ring is 2. The third-order valence-corrected chi connectivity index (χ3v) is 5.31. The lowest BCUT2D eigenvalue weighted by molar-refractivity contribution is 0.0694. The third kappa shape index (κ3) is 2.72. The first kappa shape index (κ1) is 17.8. The fourth-order valence-corrected chi connectivity index (χ4v) is 3.73. The van der Waals surface area contributed by atoms with Gasteiger partial charge in [-0.3, -0.25) is 14.6 Å². The quantitative estimate of drug-likeness (QED) is 0.315. The van der Waals surface area contributed by atoms with Gasteiger partial charge in [0.1, 0.15) is 11.4 Å². The molecule has 2 heterocycles. The number of nitrogens with two attached hydrogens (primary N) is 2. The van der Waals surface area contributed by atoms with Crippen molar-refractivity contribution in [1.82, 2.24) is 4.40 Å². The average Bonchev–Trinajstić information content (AvgIpc) is 3.48. The number of carboxylic acids is 1. The lowest BCUT2D eigenvalue weighted by Gasteiger charge is -2.16. The molecule has 1 saturated carbocycles. The molecule has 1 aliphatic carbocycles. The summed E-state index contributed by atoms with van der Waals surface area (Å²) in [5.74, 6) is -1.06. The van der Waals surface area contributed by atoms with Crippen LogP contribution in [0.2, 0.25) is 0 Å². The van der Waals surface area contributed by atoms with E-state index in [0.717, 1.165) is 40.6 Å². The first-order valence-electron chi connectivity index (χ1n) is 8.96. The summed E-state index contributed by atoms with van der Waals surface area (Å²) in [6.07, 6.45) is 3.57. The summed E-state index contributed by atoms with van der Waals surface area (Å²) < 4.78 is 1.43. The number of nitrogens with one attached hydrogen (secondary N) is 1. The molecule has 4 rings (SSSR count). The molecule has 1 fully saturated rings. The minimum atomic E-state index is -1.22. The monoisotopic (exact) mass is 376 g/mol. The van der Waals surface area contributed by atoms with Crippen LogP contribution in [0, 0.1) is 12.3 Å². The number of benzene rings is 1. The van der Waals surface area contributed by atoms with Crippen LogP contribution in [-0.2, 0) is 0 Å². The van der Waals surface area contributed by atoms with Crippen LogP contribution in [0.4, 0.5) is 5.69 Å². The van der Waals surface area contributed by atoms with Crippen LogP contribution >= 0.6 is 0 Å². The van der Waals surface area contributed by atoms with Gasteiger partial charge in [0, 0.05) is 17.4 Å². The van der Waals surface area contributed by atoms with Gasteiger partial charge in [0.2, 0.25) is 0 Å². The first-order valence-corrected chi connectivity index (χ1v) is 8.96. The Morgan fingerprint density at radius 2 is 1.93 bits per heavy atom. The highest BCUT2D eigenvalue weighted by atomic mass is 16.4. The van der Waals surface area contributed by atoms with Gasteiger partial charge in [-0.05, 0) is 72.2 Å². The van der Waals surface area contributed by atoms with Crippen molar-refractivity contribution in [3.8, 4) is 11.1 Å². The lowest BCUT2D eigenvalue weighted by atomic mass is 9.95. The van der Waals surface area contributed by atoms with Gasteiger partial charge in [0.15, 0.2) is 0 Å². The Labute approximate surface area is 160 Å². The summed E-state index contributed by atoms with van der Waals surface area (Å²) in [4.78, 5) is 24.2. The highest BCUT2D eigenvalue weighted by Crippen LogP contribution is 2.43. The molecule has 6 N–H and O–H groups in total. The molecule has 0 bridgehead atoms. The van der Waals surface area contributed by atoms with Crippen molar-refractivity contribution in [3.05, 3.63) is 69.1 Å². The normalized spacial score (nSPS) is 13.6. The molecular formula is C21H20N4O3. The van der Waals surface area contributed by atoms with Crippen molar-refractivity contribution < 1.29 is 9.90 Å². The molecule has 0 spiro atoms. The lowest BCUT2D eigenvalue weighted by Crippen LogP contribution is -2.23. The van der Waals surface area contributed by atoms with Gasteiger partial charge < -0.3 is 16.6 Å². The van der Waals surface area contributed by atoms with Gasteiger partial charge in [-0.2, -0.15) is 0 Å². The van der Waals surface area contributed by atoms with Crippen molar-refractivity contribution in [1.29, 1.82) is 5.41 Å². The van der Waals surface area contributed by atoms with Crippen molar-refractivity contribution in [2.75, 3.05) is 5.73 Å². The van der Waals surface area contributed by atoms with E-state index < -0.39 is 11.5 Å². The van der Waals surface area contributed by atoms with E-state index in [9.17, 15) is 14.7 Å². The maximum Gasteiger partial charge on any atom is 0.341 e. The van der Waals surface area contributed by atoms with Crippen LogP contribution in [0.25, 0.3) is 16.6 Å². The molecule has 7 nitrogen and oxygen atoms in total. The fourth-order valence-electron chi connectivity index (χ4n) is 3.73. The van der Waals surface area contributed by atoms with Crippen LogP contribution in [0.15, 0.2) is 41.3 Å². The number of aryl methyl sites for hydroxylation is 1. The van der Waals surface area contributed by atoms with E-state index in [1.54, 1.807) is 24.4 Å². The maximum atomic E-state index is 12.7. The number of hydrogen-bond acceptors (Lipinski definition) is 4. The number of pyridine rings is 2. The van der Waals surface area contributed by atoms with Crippen molar-refractivity contribution in [2.45, 2.75) is 25.7 Å². The summed E-state index contributed by atoms with van der Waals surface area (Å²) in [5.41, 5.74) is 15.9. The van der Waals surface area contributed by atoms with Crippen LogP contribution in [0.1, 0.15) is 45.8 Å². The van der Waals surface area contributed by atoms with Crippen LogP contribution in [0.3, 0.4) is 0 Å². The van der Waals surface area contributed by atoms with E-state index in [2.05, 4.69) is 0 Å². The second kappa shape index (κ2) is 6.23. The van der Waals surface area contributed by atoms with Gasteiger partial charge in [0.05, 0.1) is 5.52 Å². The molecule has 2 aromatic heterocycles. The summed E-state index contributed by atoms with van der Waals surface area (Å²) in [5, 5.41) is 17.1. The van der Waals surface area contributed by atoms with Crippen LogP contribution in [-0.4, -0.2) is 21.3 Å². The largest absolute Gasteiger partial charge is 0.477 e. The summed E-state index contributed by atoms with van der Waals surface area (Å²) in [7, 11) is 0. The Bertz CT molecular complexity index is 1220. The second-order valence-electron chi connectivity index (χ2n) is 7.19. The Hall–Kier alpha value is -3.61. The molecule has 0 aliphatic heterocycles. The number of fused-ring (bicyclic) bond motifs is 1. The number of carboxylic acid groups (broad SMARTS) is 1. The molecule has 28 heavy (non-hydrogen) atoms. The zero-order valence-corrected chi connectivity index (χ0v) is 15.3. The molecule has 0 amide bonds. The molecule has 7 heteroatoms. The smallest absolute Gasteiger partial charge is 0.341 e. The minimum Gasteiger partial charge on any atom is -0.477 e. The highest BCUT2D eigenvalue weighted by molar-refractivity contribution is 6.01. The molecule has 1 aromatic carbocycles. The fraction of sp³-hybridized carbons (Fsp3) is 0.190. The average molecular weight is 376 g/mol. The molecule has 0 atom stereocenters. The molecule has 0 radical (unpaired) electrons. The van der Waals surface area contributed by atoms with E-state index in [4.69, 9.17) is 16.9 Å². The SMILES string of the molecule is Cc1c(-c2ccc(N)c(C(=N)N)c2)ccn2c(=O)c(C(=O)O)cc(C3CC3)c12. The molecule has 142 valence electrons. The summed E-state index contributed by atoms with van der Waals surface area (Å²) in [6.45, 7) is 1.92. The topological polar surface area (TPSA) is 135 Å². The maximum absolute atomic E-state index is 12.7. The highest BCUT2D eigenvalue weighted by Gasteiger charge is 2.29. The Morgan fingerprint density at radius 3 is 2.54 bits per heavy atom. The van der Waals surface area contributed by atoms with Gasteiger partial charge in [-0.15, -0.1) is 0 Å². The summed E-state index contributed by atoms with van der Waals surface area (Å²) >= 11 is 0. The minimum absolute atomic E-state index is 0.112. The van der Waals surface area contributed by atoms with Gasteiger partial charge >= 0.3 is 5.97 Å². The Morgan fingerprint density at radius 1 is 1.21 bits per heavy atom. The number of nitrogens with zero attached hydrogens (tertiary/aromatic N) is 1. The van der Waals surface area contributed by atoms with Crippen molar-refractivity contribution in [3.63, 3.8) is 0 Å². The predicted molar refractivity (Wildman–Crippen MR) is 108 cm³/mol. The molecule has 0 saturated heterocycles. The Kier molecular flexibility index (Phi) is 3.96. The summed E-state index contributed by atoms with van der Waals surface area (Å²) in [6, 6.07) is 8.62. The number of carbonyl (C=O) groups is 1. The molecule has 3 aromatic rings. The zero-order valence-electron chi connectivity index (χ0n) is 15.3. The number of aromatic nitrogens is 1. The van der Waals surface area contributed by atoms with Crippen LogP contribution < -0.4 is 17.0 Å². The van der Waals surface area contributed by atoms with E-state index in [0.29, 0.717) is 11.3 Å². The van der Waals surface area contributed by atoms with E-state index in [1.807, 2.05) is 13.0 Å². The third-order valence-electron chi connectivity index (χ3n) is 5.31. The van der Waals surface area contributed by atoms with E-state index in [1.165, 1.54) is 10.5 Å². The van der Waals surface area contributed by atoms with Gasteiger partial charge in [-0.25, -0.2) is 4.79 Å². The number of aromatic carboxylic acids is 1. The van der Waals surface area contributed by atoms with Crippen molar-refractivity contribution >= 4 is 23.0 Å². The number of rotatable bonds is 4. The van der Waals surface area contributed by atoms with E-state index >= 15 is 0 Å². The molecule has 1 aliphatic rings. The molecule has 0 unspecified atom stereocenters. The number of amidine groups is 1. The number of hydrogen-bond donors (Lipinski definition) is 4. The van der Waals surface area contributed by atoms with E-state index in [-0.39, 0.29) is 17.3 Å². The zero-order chi connectivity index (χ0) is 20.2. The predicted octanol–water partition coefficient (Wildman–Crippen LogP) is 2.72. The van der Waals surface area contributed by atoms with Crippen LogP contribution in [0.5, 0.6) is 0 Å². The molecular weight excluding hydrogens is 356 g/mol. The second-order valence-corrected chi connectivity index (χ2v) is 7.19. The Balaban J connectivity index is 2.02. The first-order chi connectivity index (χ1) is 13.3.